The average molecular weight is 499 g/mol. The molecule has 0 bridgehead atoms. The maximum Gasteiger partial charge on any atom is 0.255 e. The number of allylic oxidation sites excluding steroid dienone is 1. The van der Waals surface area contributed by atoms with Crippen LogP contribution in [0.15, 0.2) is 78.3 Å². The van der Waals surface area contributed by atoms with Gasteiger partial charge in [-0.2, -0.15) is 4.98 Å². The summed E-state index contributed by atoms with van der Waals surface area (Å²) in [6.07, 6.45) is 3.24. The molecule has 37 heavy (non-hydrogen) atoms. The van der Waals surface area contributed by atoms with Crippen molar-refractivity contribution in [3.63, 3.8) is 0 Å². The van der Waals surface area contributed by atoms with Gasteiger partial charge in [0.2, 0.25) is 11.7 Å². The van der Waals surface area contributed by atoms with E-state index in [0.29, 0.717) is 51.5 Å². The molecule has 10 heteroatoms. The van der Waals surface area contributed by atoms with E-state index in [1.165, 1.54) is 0 Å². The lowest BCUT2D eigenvalue weighted by molar-refractivity contribution is -0.113. The van der Waals surface area contributed by atoms with E-state index in [9.17, 15) is 4.79 Å². The Morgan fingerprint density at radius 3 is 2.35 bits per heavy atom. The number of nitrogens with one attached hydrogen (secondary N) is 2. The molecule has 10 nitrogen and oxygen atoms in total. The molecule has 0 saturated heterocycles. The minimum Gasteiger partial charge on any atom is -0.493 e. The van der Waals surface area contributed by atoms with Gasteiger partial charge in [0.15, 0.2) is 17.3 Å². The molecule has 2 aromatic carbocycles. The molecule has 0 aliphatic carbocycles. The van der Waals surface area contributed by atoms with E-state index in [2.05, 4.69) is 15.6 Å². The Bertz CT molecular complexity index is 1440. The minimum absolute atomic E-state index is 0.306. The number of aromatic nitrogens is 4. The molecule has 0 radical (unpaired) electrons. The van der Waals surface area contributed by atoms with Crippen LogP contribution >= 0.6 is 0 Å². The van der Waals surface area contributed by atoms with Crippen LogP contribution in [0, 0.1) is 0 Å². The fraction of sp³-hybridized carbons (Fsp3) is 0.185. The predicted molar refractivity (Wildman–Crippen MR) is 139 cm³/mol. The first-order valence-electron chi connectivity index (χ1n) is 11.5. The lowest BCUT2D eigenvalue weighted by Gasteiger charge is -2.29. The van der Waals surface area contributed by atoms with Crippen molar-refractivity contribution in [2.45, 2.75) is 13.0 Å². The molecular formula is C27H26N6O4. The van der Waals surface area contributed by atoms with E-state index >= 15 is 0 Å². The summed E-state index contributed by atoms with van der Waals surface area (Å²) in [5.41, 5.74) is 3.23. The number of ether oxygens (including phenoxy) is 3. The fourth-order valence-corrected chi connectivity index (χ4v) is 4.36. The molecule has 2 aromatic heterocycles. The summed E-state index contributed by atoms with van der Waals surface area (Å²) in [5.74, 6) is 2.11. The first kappa shape index (κ1) is 23.9. The smallest absolute Gasteiger partial charge is 0.255 e. The zero-order valence-corrected chi connectivity index (χ0v) is 20.9. The lowest BCUT2D eigenvalue weighted by Crippen LogP contribution is -2.31. The van der Waals surface area contributed by atoms with Crippen molar-refractivity contribution in [2.75, 3.05) is 32.0 Å². The summed E-state index contributed by atoms with van der Waals surface area (Å²) in [6.45, 7) is 1.84. The maximum atomic E-state index is 13.7. The highest BCUT2D eigenvalue weighted by Crippen LogP contribution is 2.44. The van der Waals surface area contributed by atoms with Crippen LogP contribution in [-0.2, 0) is 4.79 Å². The SMILES string of the molecule is COc1cc(C2C(C(=O)Nc3cccnc3)=C(C)Nc3nc(-c4ccccc4)nn32)cc(OC)c1OC. The van der Waals surface area contributed by atoms with E-state index in [4.69, 9.17) is 24.3 Å². The maximum absolute atomic E-state index is 13.7. The number of amides is 1. The zero-order chi connectivity index (χ0) is 25.9. The number of hydrogen-bond acceptors (Lipinski definition) is 8. The highest BCUT2D eigenvalue weighted by atomic mass is 16.5. The molecule has 2 N–H and O–H groups in total. The van der Waals surface area contributed by atoms with E-state index in [1.54, 1.807) is 50.5 Å². The van der Waals surface area contributed by atoms with Gasteiger partial charge < -0.3 is 24.8 Å². The summed E-state index contributed by atoms with van der Waals surface area (Å²) < 4.78 is 18.4. The van der Waals surface area contributed by atoms with Crippen LogP contribution in [0.25, 0.3) is 11.4 Å². The topological polar surface area (TPSA) is 112 Å². The Hall–Kier alpha value is -4.86. The van der Waals surface area contributed by atoms with E-state index in [-0.39, 0.29) is 5.91 Å². The molecule has 5 rings (SSSR count). The summed E-state index contributed by atoms with van der Waals surface area (Å²) in [5, 5.41) is 11.0. The van der Waals surface area contributed by atoms with Crippen LogP contribution < -0.4 is 24.8 Å². The van der Waals surface area contributed by atoms with E-state index in [0.717, 1.165) is 5.56 Å². The standard InChI is InChI=1S/C27H26N6O4/c1-16-22(26(34)30-19-11-8-12-28-15-19)23(18-13-20(35-2)24(37-4)21(14-18)36-3)33-27(29-16)31-25(32-33)17-9-6-5-7-10-17/h5-15,23H,1-4H3,(H,30,34)(H,29,31,32). The van der Waals surface area contributed by atoms with Gasteiger partial charge >= 0.3 is 0 Å². The number of anilines is 2. The third kappa shape index (κ3) is 4.44. The third-order valence-electron chi connectivity index (χ3n) is 6.05. The molecule has 0 saturated carbocycles. The van der Waals surface area contributed by atoms with Gasteiger partial charge in [0.05, 0.1) is 38.8 Å². The van der Waals surface area contributed by atoms with E-state index in [1.807, 2.05) is 49.4 Å². The van der Waals surface area contributed by atoms with Gasteiger partial charge in [-0.25, -0.2) is 4.68 Å². The number of carbonyl (C=O) groups is 1. The molecule has 1 aliphatic heterocycles. The Balaban J connectivity index is 1.68. The summed E-state index contributed by atoms with van der Waals surface area (Å²) >= 11 is 0. The number of fused-ring (bicyclic) bond motifs is 1. The number of benzene rings is 2. The highest BCUT2D eigenvalue weighted by molar-refractivity contribution is 6.06. The molecule has 0 spiro atoms. The minimum atomic E-state index is -0.647. The van der Waals surface area contributed by atoms with Crippen LogP contribution in [0.3, 0.4) is 0 Å². The van der Waals surface area contributed by atoms with Gasteiger partial charge in [-0.1, -0.05) is 30.3 Å². The van der Waals surface area contributed by atoms with Gasteiger partial charge in [0.1, 0.15) is 6.04 Å². The Kier molecular flexibility index (Phi) is 6.46. The van der Waals surface area contributed by atoms with Crippen LogP contribution in [0.5, 0.6) is 17.2 Å². The fourth-order valence-electron chi connectivity index (χ4n) is 4.36. The van der Waals surface area contributed by atoms with Crippen molar-refractivity contribution in [1.29, 1.82) is 0 Å². The molecule has 188 valence electrons. The first-order chi connectivity index (χ1) is 18.0. The normalized spacial score (nSPS) is 14.4. The number of pyridine rings is 1. The molecule has 1 amide bonds. The summed E-state index contributed by atoms with van der Waals surface area (Å²) in [6, 6.07) is 16.2. The van der Waals surface area contributed by atoms with Crippen molar-refractivity contribution in [3.05, 3.63) is 83.8 Å². The van der Waals surface area contributed by atoms with Crippen LogP contribution in [0.1, 0.15) is 18.5 Å². The predicted octanol–water partition coefficient (Wildman–Crippen LogP) is 4.29. The van der Waals surface area contributed by atoms with Crippen LogP contribution in [0.4, 0.5) is 11.6 Å². The van der Waals surface area contributed by atoms with Crippen molar-refractivity contribution in [2.24, 2.45) is 0 Å². The lowest BCUT2D eigenvalue weighted by atomic mass is 9.94. The van der Waals surface area contributed by atoms with Crippen molar-refractivity contribution >= 4 is 17.5 Å². The second-order valence-corrected chi connectivity index (χ2v) is 8.29. The summed E-state index contributed by atoms with van der Waals surface area (Å²) in [4.78, 5) is 22.5. The molecule has 0 fully saturated rings. The molecule has 1 unspecified atom stereocenters. The largest absolute Gasteiger partial charge is 0.493 e. The Labute approximate surface area is 213 Å². The Morgan fingerprint density at radius 2 is 1.73 bits per heavy atom. The van der Waals surface area contributed by atoms with Gasteiger partial charge in [0, 0.05) is 17.5 Å². The van der Waals surface area contributed by atoms with E-state index < -0.39 is 6.04 Å². The molecule has 3 heterocycles. The van der Waals surface area contributed by atoms with Crippen molar-refractivity contribution in [3.8, 4) is 28.6 Å². The quantitative estimate of drug-likeness (QED) is 0.388. The third-order valence-corrected chi connectivity index (χ3v) is 6.05. The number of carbonyl (C=O) groups excluding carboxylic acids is 1. The number of rotatable bonds is 7. The number of methoxy groups -OCH3 is 3. The first-order valence-corrected chi connectivity index (χ1v) is 11.5. The highest BCUT2D eigenvalue weighted by Gasteiger charge is 2.35. The monoisotopic (exact) mass is 498 g/mol. The Morgan fingerprint density at radius 1 is 1.00 bits per heavy atom. The van der Waals surface area contributed by atoms with Crippen molar-refractivity contribution < 1.29 is 19.0 Å². The van der Waals surface area contributed by atoms with Gasteiger partial charge in [-0.15, -0.1) is 5.10 Å². The molecular weight excluding hydrogens is 472 g/mol. The van der Waals surface area contributed by atoms with Crippen LogP contribution in [-0.4, -0.2) is 47.0 Å². The molecule has 1 atom stereocenters. The van der Waals surface area contributed by atoms with Crippen molar-refractivity contribution in [1.82, 2.24) is 19.7 Å². The van der Waals surface area contributed by atoms with Gasteiger partial charge in [0.25, 0.3) is 5.91 Å². The second-order valence-electron chi connectivity index (χ2n) is 8.29. The summed E-state index contributed by atoms with van der Waals surface area (Å²) in [7, 11) is 4.65. The number of hydrogen-bond donors (Lipinski definition) is 2. The second kappa shape index (κ2) is 10.0. The zero-order valence-electron chi connectivity index (χ0n) is 20.9. The van der Waals surface area contributed by atoms with Crippen LogP contribution in [0.2, 0.25) is 0 Å². The number of nitrogens with zero attached hydrogens (tertiary/aromatic N) is 4. The molecule has 4 aromatic rings. The molecule has 1 aliphatic rings. The van der Waals surface area contributed by atoms with Gasteiger partial charge in [-0.3, -0.25) is 9.78 Å². The van der Waals surface area contributed by atoms with Gasteiger partial charge in [-0.05, 0) is 36.8 Å². The average Bonchev–Trinajstić information content (AvgIpc) is 3.36.